The number of nitrogen functional groups attached to an aromatic ring is 1. The minimum Gasteiger partial charge on any atom is -0.463 e. The molecule has 0 bridgehead atoms. The Bertz CT molecular complexity index is 1700. The maximum Gasteiger partial charge on any atom is 0.351 e. The van der Waals surface area contributed by atoms with Gasteiger partial charge in [-0.2, -0.15) is 4.98 Å². The Morgan fingerprint density at radius 2 is 1.91 bits per heavy atom. The monoisotopic (exact) mass is 849 g/mol. The van der Waals surface area contributed by atoms with E-state index in [1.54, 1.807) is 0 Å². The second kappa shape index (κ2) is 16.5. The molecule has 4 saturated carbocycles. The number of aromatic nitrogens is 2. The molecule has 53 heavy (non-hydrogen) atoms. The molecule has 5 fully saturated rings. The number of esters is 2. The van der Waals surface area contributed by atoms with Crippen LogP contribution in [-0.2, 0) is 23.8 Å². The third-order valence-corrected chi connectivity index (χ3v) is 13.5. The Kier molecular flexibility index (Phi) is 12.4. The molecule has 2 heterocycles. The molecule has 6 rings (SSSR count). The van der Waals surface area contributed by atoms with Gasteiger partial charge in [0.05, 0.1) is 18.9 Å². The molecule has 8 unspecified atom stereocenters. The summed E-state index contributed by atoms with van der Waals surface area (Å²) < 4.78 is 30.6. The first kappa shape index (κ1) is 39.8. The van der Waals surface area contributed by atoms with Crippen LogP contribution in [0.25, 0.3) is 0 Å². The van der Waals surface area contributed by atoms with Crippen molar-refractivity contribution in [1.82, 2.24) is 9.55 Å². The zero-order valence-electron chi connectivity index (χ0n) is 30.6. The molecule has 5 aliphatic rings. The van der Waals surface area contributed by atoms with Crippen LogP contribution in [0.15, 0.2) is 64.7 Å². The van der Waals surface area contributed by atoms with Gasteiger partial charge < -0.3 is 30.2 Å². The number of aliphatic hydroxyl groups excluding tert-OH is 2. The zero-order chi connectivity index (χ0) is 38.1. The van der Waals surface area contributed by atoms with Gasteiger partial charge in [-0.25, -0.2) is 9.18 Å². The summed E-state index contributed by atoms with van der Waals surface area (Å²) in [6.07, 6.45) is 14.8. The van der Waals surface area contributed by atoms with Gasteiger partial charge in [0.2, 0.25) is 3.68 Å². The van der Waals surface area contributed by atoms with E-state index in [1.807, 2.05) is 6.08 Å². The van der Waals surface area contributed by atoms with E-state index in [9.17, 15) is 24.6 Å². The van der Waals surface area contributed by atoms with Crippen molar-refractivity contribution >= 4 is 40.3 Å². The number of nitrogens with two attached hydrogens (primary N) is 1. The number of rotatable bonds is 12. The van der Waals surface area contributed by atoms with Gasteiger partial charge in [0.15, 0.2) is 6.23 Å². The summed E-state index contributed by atoms with van der Waals surface area (Å²) in [5, 5.41) is 20.8. The van der Waals surface area contributed by atoms with Crippen molar-refractivity contribution in [2.24, 2.45) is 29.1 Å². The topological polar surface area (TPSA) is 163 Å². The molecule has 290 valence electrons. The molecular weight excluding hydrogens is 796 g/mol. The number of aliphatic hydroxyl groups is 2. The molecule has 11 nitrogen and oxygen atoms in total. The van der Waals surface area contributed by atoms with Crippen molar-refractivity contribution in [3.63, 3.8) is 0 Å². The smallest absolute Gasteiger partial charge is 0.351 e. The van der Waals surface area contributed by atoms with Crippen molar-refractivity contribution in [2.75, 3.05) is 12.3 Å². The average Bonchev–Trinajstić information content (AvgIpc) is 3.86. The Balaban J connectivity index is 0.985. The summed E-state index contributed by atoms with van der Waals surface area (Å²) in [6, 6.07) is 1.30. The van der Waals surface area contributed by atoms with Gasteiger partial charge in [-0.3, -0.25) is 14.2 Å². The van der Waals surface area contributed by atoms with Gasteiger partial charge in [-0.15, -0.1) is 0 Å². The maximum absolute atomic E-state index is 15.4. The van der Waals surface area contributed by atoms with Gasteiger partial charge in [0.1, 0.15) is 30.7 Å². The predicted molar refractivity (Wildman–Crippen MR) is 205 cm³/mol. The lowest BCUT2D eigenvalue weighted by Gasteiger charge is -2.44. The van der Waals surface area contributed by atoms with Crippen LogP contribution in [0.4, 0.5) is 10.2 Å². The Hall–Kier alpha value is -2.88. The molecule has 4 N–H and O–H groups in total. The second-order valence-corrected chi connectivity index (χ2v) is 17.5. The lowest BCUT2D eigenvalue weighted by Crippen LogP contribution is -2.40. The first-order valence-electron chi connectivity index (χ1n) is 19.0. The fraction of sp³-hybridized carbons (Fsp3) is 0.650. The largest absolute Gasteiger partial charge is 0.463 e. The van der Waals surface area contributed by atoms with Crippen molar-refractivity contribution in [1.29, 1.82) is 0 Å². The van der Waals surface area contributed by atoms with Crippen molar-refractivity contribution in [3.8, 4) is 0 Å². The number of hydrogen-bond donors (Lipinski definition) is 3. The fourth-order valence-electron chi connectivity index (χ4n) is 9.08. The first-order valence-corrected chi connectivity index (χ1v) is 20.1. The average molecular weight is 850 g/mol. The highest BCUT2D eigenvalue weighted by Crippen LogP contribution is 2.59. The molecule has 0 spiro atoms. The minimum absolute atomic E-state index is 0.0433. The van der Waals surface area contributed by atoms with E-state index in [2.05, 4.69) is 43.6 Å². The van der Waals surface area contributed by atoms with Crippen LogP contribution in [0.1, 0.15) is 97.1 Å². The highest BCUT2D eigenvalue weighted by atomic mass is 127. The Labute approximate surface area is 324 Å². The number of hydrogen-bond acceptors (Lipinski definition) is 10. The lowest BCUT2D eigenvalue weighted by molar-refractivity contribution is -0.155. The number of ether oxygens (including phenoxy) is 3. The number of anilines is 1. The van der Waals surface area contributed by atoms with Crippen LogP contribution in [0.3, 0.4) is 0 Å². The third-order valence-electron chi connectivity index (χ3n) is 12.3. The minimum atomic E-state index is -2.41. The quantitative estimate of drug-likeness (QED) is 0.0957. The number of nitrogens with zero attached hydrogens (tertiary/aromatic N) is 2. The van der Waals surface area contributed by atoms with E-state index < -0.39 is 52.5 Å². The number of allylic oxidation sites excluding steroid dienone is 4. The van der Waals surface area contributed by atoms with E-state index in [-0.39, 0.29) is 36.1 Å². The van der Waals surface area contributed by atoms with E-state index in [4.69, 9.17) is 19.9 Å². The predicted octanol–water partition coefficient (Wildman–Crippen LogP) is 6.19. The van der Waals surface area contributed by atoms with Crippen molar-refractivity contribution < 1.29 is 38.4 Å². The van der Waals surface area contributed by atoms with Gasteiger partial charge in [-0.1, -0.05) is 44.2 Å². The Morgan fingerprint density at radius 3 is 2.64 bits per heavy atom. The van der Waals surface area contributed by atoms with Crippen LogP contribution in [0, 0.1) is 29.1 Å². The molecule has 0 amide bonds. The number of alkyl halides is 2. The summed E-state index contributed by atoms with van der Waals surface area (Å²) >= 11 is 1.36. The van der Waals surface area contributed by atoms with Crippen LogP contribution in [0.5, 0.6) is 0 Å². The lowest BCUT2D eigenvalue weighted by atomic mass is 9.61. The Morgan fingerprint density at radius 1 is 1.15 bits per heavy atom. The summed E-state index contributed by atoms with van der Waals surface area (Å²) in [7, 11) is 0. The molecule has 10 atom stereocenters. The highest BCUT2D eigenvalue weighted by molar-refractivity contribution is 14.1. The molecule has 1 aromatic rings. The maximum atomic E-state index is 15.4. The number of carbonyl (C=O) groups excluding carboxylic acids is 2. The van der Waals surface area contributed by atoms with Gasteiger partial charge in [-0.05, 0) is 139 Å². The number of fused-ring (bicyclic) bond motifs is 1. The van der Waals surface area contributed by atoms with Gasteiger partial charge >= 0.3 is 17.6 Å². The SMILES string of the molecule is C=C1/C(=C\C=C2/CCC[C@@]3(C)C2CCC3[C@@H](C)/C=C/C(OC(=O)CCC(=O)OCC2OC(n3ccc(N)nc3=O)C(F)(I)C2O)C2CC2)CCCC1O. The molecule has 0 aromatic carbocycles. The van der Waals surface area contributed by atoms with E-state index in [1.165, 1.54) is 52.4 Å². The van der Waals surface area contributed by atoms with Crippen LogP contribution >= 0.6 is 22.6 Å². The molecular formula is C40H53FIN3O8. The van der Waals surface area contributed by atoms with Gasteiger partial charge in [0.25, 0.3) is 0 Å². The fourth-order valence-corrected chi connectivity index (χ4v) is 9.93. The third kappa shape index (κ3) is 8.83. The summed E-state index contributed by atoms with van der Waals surface area (Å²) in [6.45, 7) is 8.39. The summed E-state index contributed by atoms with van der Waals surface area (Å²) in [5.41, 5.74) is 8.42. The first-order chi connectivity index (χ1) is 25.2. The molecule has 4 aliphatic carbocycles. The van der Waals surface area contributed by atoms with E-state index in [0.29, 0.717) is 17.8 Å². The van der Waals surface area contributed by atoms with E-state index in [0.717, 1.165) is 67.9 Å². The standard InChI is InChI=1S/C40H53FIN3O8/c1-23(28-14-15-29-26(7-5-20-39(28,29)3)11-10-25-6-4-8-30(46)24(25)2)9-16-31(27-12-13-27)52-35(48)18-17-34(47)51-22-32-36(49)40(41,42)37(53-32)45-21-19-33(43)44-38(45)50/h9-11,16,19,21,23,27-32,36-37,46,49H,2,4-8,12-15,17-18,20,22H2,1,3H3,(H2,43,44,50)/b16-9+,25-10-,26-11+/t23-,28?,29?,30?,31?,32?,36?,37?,39+,40?/m0/s1. The summed E-state index contributed by atoms with van der Waals surface area (Å²) in [4.78, 5) is 41.2. The second-order valence-electron chi connectivity index (χ2n) is 15.9. The molecule has 13 heteroatoms. The normalized spacial score (nSPS) is 35.8. The van der Waals surface area contributed by atoms with Crippen molar-refractivity contribution in [2.45, 2.75) is 125 Å². The zero-order valence-corrected chi connectivity index (χ0v) is 32.8. The summed E-state index contributed by atoms with van der Waals surface area (Å²) in [5.74, 6) is 0.337. The van der Waals surface area contributed by atoms with Crippen LogP contribution in [0.2, 0.25) is 0 Å². The number of halogens is 2. The van der Waals surface area contributed by atoms with E-state index >= 15 is 4.39 Å². The molecule has 0 radical (unpaired) electrons. The highest BCUT2D eigenvalue weighted by Gasteiger charge is 2.57. The van der Waals surface area contributed by atoms with Gasteiger partial charge in [0, 0.05) is 6.20 Å². The molecule has 1 aromatic heterocycles. The van der Waals surface area contributed by atoms with Crippen LogP contribution < -0.4 is 11.4 Å². The molecule has 1 saturated heterocycles. The molecule has 1 aliphatic heterocycles. The van der Waals surface area contributed by atoms with Crippen LogP contribution in [-0.4, -0.2) is 66.4 Å². The number of carbonyl (C=O) groups is 2. The van der Waals surface area contributed by atoms with Crippen molar-refractivity contribution in [3.05, 3.63) is 70.3 Å².